The molecule has 7 heteroatoms. The summed E-state index contributed by atoms with van der Waals surface area (Å²) in [5.74, 6) is 0.552. The Bertz CT molecular complexity index is 465. The molecule has 0 saturated carbocycles. The largest absolute Gasteiger partial charge is 0.355 e. The Morgan fingerprint density at radius 1 is 1.58 bits per heavy atom. The normalized spacial score (nSPS) is 11.4. The Morgan fingerprint density at radius 2 is 2.21 bits per heavy atom. The van der Waals surface area contributed by atoms with Gasteiger partial charge in [-0.3, -0.25) is 10.1 Å². The maximum absolute atomic E-state index is 10.7. The van der Waals surface area contributed by atoms with Crippen molar-refractivity contribution in [3.8, 4) is 0 Å². The molecule has 19 heavy (non-hydrogen) atoms. The zero-order valence-electron chi connectivity index (χ0n) is 11.4. The quantitative estimate of drug-likeness (QED) is 0.641. The monoisotopic (exact) mass is 286 g/mol. The molecule has 0 unspecified atom stereocenters. The van der Waals surface area contributed by atoms with E-state index in [1.165, 1.54) is 12.3 Å². The highest BCUT2D eigenvalue weighted by Gasteiger charge is 2.22. The topological polar surface area (TPSA) is 85.3 Å². The molecule has 0 aliphatic carbocycles. The molecule has 0 aliphatic rings. The lowest BCUT2D eigenvalue weighted by atomic mass is 9.93. The van der Waals surface area contributed by atoms with Crippen LogP contribution in [0.2, 0.25) is 5.02 Å². The first-order chi connectivity index (χ1) is 8.80. The number of halogens is 1. The molecule has 0 aliphatic heterocycles. The van der Waals surface area contributed by atoms with Crippen LogP contribution in [0.15, 0.2) is 12.3 Å². The van der Waals surface area contributed by atoms with Crippen molar-refractivity contribution in [2.24, 2.45) is 11.1 Å². The Hall–Kier alpha value is -1.40. The number of anilines is 1. The van der Waals surface area contributed by atoms with Gasteiger partial charge in [0, 0.05) is 19.2 Å². The lowest BCUT2D eigenvalue weighted by Crippen LogP contribution is -2.39. The Morgan fingerprint density at radius 3 is 2.63 bits per heavy atom. The number of hydrogen-bond donors (Lipinski definition) is 1. The minimum Gasteiger partial charge on any atom is -0.355 e. The molecule has 0 aromatic carbocycles. The zero-order chi connectivity index (χ0) is 14.6. The predicted molar refractivity (Wildman–Crippen MR) is 76.6 cm³/mol. The molecule has 0 spiro atoms. The summed E-state index contributed by atoms with van der Waals surface area (Å²) in [5, 5.41) is 10.9. The van der Waals surface area contributed by atoms with E-state index in [1.807, 2.05) is 11.8 Å². The number of nitrogens with two attached hydrogens (primary N) is 1. The van der Waals surface area contributed by atoms with Crippen molar-refractivity contribution in [3.05, 3.63) is 27.4 Å². The van der Waals surface area contributed by atoms with Crippen molar-refractivity contribution >= 4 is 23.1 Å². The predicted octanol–water partition coefficient (Wildman–Crippen LogP) is 2.45. The van der Waals surface area contributed by atoms with Crippen molar-refractivity contribution in [1.29, 1.82) is 0 Å². The van der Waals surface area contributed by atoms with Gasteiger partial charge in [0.2, 0.25) is 0 Å². The summed E-state index contributed by atoms with van der Waals surface area (Å²) < 4.78 is 0. The van der Waals surface area contributed by atoms with Gasteiger partial charge in [-0.05, 0) is 18.9 Å². The standard InChI is InChI=1S/C12H19ClN4O2/c1-4-16(8-12(2,3)7-14)11-10(13)5-9(6-15-11)17(18)19/h5-6H,4,7-8,14H2,1-3H3. The van der Waals surface area contributed by atoms with E-state index in [0.29, 0.717) is 25.5 Å². The van der Waals surface area contributed by atoms with Crippen LogP contribution in [0.5, 0.6) is 0 Å². The van der Waals surface area contributed by atoms with Gasteiger partial charge in [0.15, 0.2) is 0 Å². The summed E-state index contributed by atoms with van der Waals surface area (Å²) in [5.41, 5.74) is 5.53. The SMILES string of the molecule is CCN(CC(C)(C)CN)c1ncc([N+](=O)[O-])cc1Cl. The highest BCUT2D eigenvalue weighted by molar-refractivity contribution is 6.33. The molecular weight excluding hydrogens is 268 g/mol. The number of nitro groups is 1. The third kappa shape index (κ3) is 4.04. The number of rotatable bonds is 6. The third-order valence-corrected chi connectivity index (χ3v) is 3.15. The molecular formula is C12H19ClN4O2. The van der Waals surface area contributed by atoms with E-state index in [4.69, 9.17) is 17.3 Å². The molecule has 1 aromatic rings. The van der Waals surface area contributed by atoms with Gasteiger partial charge in [-0.2, -0.15) is 0 Å². The Balaban J connectivity index is 3.02. The van der Waals surface area contributed by atoms with Gasteiger partial charge in [-0.25, -0.2) is 4.98 Å². The molecule has 0 radical (unpaired) electrons. The minimum atomic E-state index is -0.511. The van der Waals surface area contributed by atoms with Crippen molar-refractivity contribution < 1.29 is 4.92 Å². The van der Waals surface area contributed by atoms with Crippen LogP contribution in [-0.2, 0) is 0 Å². The lowest BCUT2D eigenvalue weighted by Gasteiger charge is -2.32. The maximum atomic E-state index is 10.7. The molecule has 0 amide bonds. The number of pyridine rings is 1. The molecule has 1 aromatic heterocycles. The second-order valence-electron chi connectivity index (χ2n) is 5.14. The van der Waals surface area contributed by atoms with Gasteiger partial charge < -0.3 is 10.6 Å². The molecule has 0 atom stereocenters. The Kier molecular flexibility index (Phi) is 5.08. The number of nitrogens with zero attached hydrogens (tertiary/aromatic N) is 3. The van der Waals surface area contributed by atoms with E-state index in [1.54, 1.807) is 0 Å². The number of hydrogen-bond acceptors (Lipinski definition) is 5. The summed E-state index contributed by atoms with van der Waals surface area (Å²) in [6.07, 6.45) is 1.22. The van der Waals surface area contributed by atoms with E-state index in [0.717, 1.165) is 0 Å². The average molecular weight is 287 g/mol. The molecule has 2 N–H and O–H groups in total. The maximum Gasteiger partial charge on any atom is 0.289 e. The van der Waals surface area contributed by atoms with Gasteiger partial charge >= 0.3 is 0 Å². The molecule has 0 bridgehead atoms. The van der Waals surface area contributed by atoms with Gasteiger partial charge in [-0.1, -0.05) is 25.4 Å². The van der Waals surface area contributed by atoms with Crippen LogP contribution in [0, 0.1) is 15.5 Å². The van der Waals surface area contributed by atoms with E-state index in [-0.39, 0.29) is 16.1 Å². The van der Waals surface area contributed by atoms with Crippen LogP contribution in [0.25, 0.3) is 0 Å². The van der Waals surface area contributed by atoms with Crippen LogP contribution in [-0.4, -0.2) is 29.5 Å². The fraction of sp³-hybridized carbons (Fsp3) is 0.583. The molecule has 0 saturated heterocycles. The van der Waals surface area contributed by atoms with Crippen molar-refractivity contribution in [1.82, 2.24) is 4.98 Å². The van der Waals surface area contributed by atoms with Crippen molar-refractivity contribution in [2.75, 3.05) is 24.5 Å². The highest BCUT2D eigenvalue weighted by Crippen LogP contribution is 2.29. The van der Waals surface area contributed by atoms with Gasteiger partial charge in [0.1, 0.15) is 12.0 Å². The first-order valence-electron chi connectivity index (χ1n) is 6.05. The van der Waals surface area contributed by atoms with Crippen LogP contribution < -0.4 is 10.6 Å². The Labute approximate surface area is 117 Å². The van der Waals surface area contributed by atoms with E-state index < -0.39 is 4.92 Å². The molecule has 1 heterocycles. The van der Waals surface area contributed by atoms with Crippen LogP contribution in [0.3, 0.4) is 0 Å². The number of aromatic nitrogens is 1. The second-order valence-corrected chi connectivity index (χ2v) is 5.55. The molecule has 0 fully saturated rings. The van der Waals surface area contributed by atoms with E-state index >= 15 is 0 Å². The smallest absolute Gasteiger partial charge is 0.289 e. The highest BCUT2D eigenvalue weighted by atomic mass is 35.5. The summed E-state index contributed by atoms with van der Waals surface area (Å²) in [6, 6.07) is 1.32. The van der Waals surface area contributed by atoms with Gasteiger partial charge in [-0.15, -0.1) is 0 Å². The van der Waals surface area contributed by atoms with Crippen LogP contribution in [0.1, 0.15) is 20.8 Å². The minimum absolute atomic E-state index is 0.0806. The fourth-order valence-corrected chi connectivity index (χ4v) is 1.95. The third-order valence-electron chi connectivity index (χ3n) is 2.87. The van der Waals surface area contributed by atoms with E-state index in [2.05, 4.69) is 18.8 Å². The first-order valence-corrected chi connectivity index (χ1v) is 6.43. The summed E-state index contributed by atoms with van der Waals surface area (Å²) in [7, 11) is 0. The molecule has 106 valence electrons. The lowest BCUT2D eigenvalue weighted by molar-refractivity contribution is -0.385. The fourth-order valence-electron chi connectivity index (χ4n) is 1.67. The van der Waals surface area contributed by atoms with Crippen LogP contribution in [0.4, 0.5) is 11.5 Å². The van der Waals surface area contributed by atoms with Gasteiger partial charge in [0.05, 0.1) is 9.95 Å². The average Bonchev–Trinajstić information content (AvgIpc) is 2.36. The zero-order valence-corrected chi connectivity index (χ0v) is 12.1. The van der Waals surface area contributed by atoms with Gasteiger partial charge in [0.25, 0.3) is 5.69 Å². The molecule has 6 nitrogen and oxygen atoms in total. The van der Waals surface area contributed by atoms with Crippen molar-refractivity contribution in [2.45, 2.75) is 20.8 Å². The summed E-state index contributed by atoms with van der Waals surface area (Å²) >= 11 is 6.08. The summed E-state index contributed by atoms with van der Waals surface area (Å²) in [6.45, 7) is 8.00. The summed E-state index contributed by atoms with van der Waals surface area (Å²) in [4.78, 5) is 16.2. The van der Waals surface area contributed by atoms with Crippen LogP contribution >= 0.6 is 11.6 Å². The first kappa shape index (κ1) is 15.7. The molecule has 1 rings (SSSR count). The second kappa shape index (κ2) is 6.16. The van der Waals surface area contributed by atoms with Crippen molar-refractivity contribution in [3.63, 3.8) is 0 Å². The van der Waals surface area contributed by atoms with E-state index in [9.17, 15) is 10.1 Å².